The highest BCUT2D eigenvalue weighted by Gasteiger charge is 2.22. The van der Waals surface area contributed by atoms with Gasteiger partial charge in [0.05, 0.1) is 6.61 Å². The number of carbonyl (C=O) groups is 1. The molecule has 0 atom stereocenters. The van der Waals surface area contributed by atoms with Crippen molar-refractivity contribution >= 4 is 5.97 Å². The first-order valence-electron chi connectivity index (χ1n) is 5.87. The number of esters is 1. The van der Waals surface area contributed by atoms with Crippen LogP contribution in [0.5, 0.6) is 0 Å². The van der Waals surface area contributed by atoms with E-state index in [0.29, 0.717) is 12.2 Å². The van der Waals surface area contributed by atoms with E-state index >= 15 is 0 Å². The summed E-state index contributed by atoms with van der Waals surface area (Å²) in [5.41, 5.74) is 0.440. The molecular weight excluding hydrogens is 202 g/mol. The molecule has 0 amide bonds. The maximum atomic E-state index is 11.3. The zero-order chi connectivity index (χ0) is 12.8. The van der Waals surface area contributed by atoms with Crippen LogP contribution in [0.3, 0.4) is 0 Å². The second-order valence-corrected chi connectivity index (χ2v) is 4.98. The van der Waals surface area contributed by atoms with E-state index in [1.807, 2.05) is 0 Å². The molecule has 0 unspecified atom stereocenters. The highest BCUT2D eigenvalue weighted by molar-refractivity contribution is 5.86. The van der Waals surface area contributed by atoms with Gasteiger partial charge in [-0.05, 0) is 20.0 Å². The summed E-state index contributed by atoms with van der Waals surface area (Å²) in [4.78, 5) is 13.6. The molecule has 3 nitrogen and oxygen atoms in total. The Kier molecular flexibility index (Phi) is 6.34. The first-order chi connectivity index (χ1) is 7.32. The predicted molar refractivity (Wildman–Crippen MR) is 67.3 cm³/mol. The third-order valence-electron chi connectivity index (χ3n) is 2.49. The Labute approximate surface area is 99.5 Å². The number of nitrogens with zero attached hydrogens (tertiary/aromatic N) is 1. The van der Waals surface area contributed by atoms with Gasteiger partial charge in [-0.3, -0.25) is 0 Å². The van der Waals surface area contributed by atoms with E-state index in [4.69, 9.17) is 4.74 Å². The van der Waals surface area contributed by atoms with Crippen LogP contribution in [-0.2, 0) is 9.53 Å². The molecule has 0 radical (unpaired) electrons. The molecular formula is C13H25NO2. The van der Waals surface area contributed by atoms with Crippen molar-refractivity contribution in [1.29, 1.82) is 0 Å². The average Bonchev–Trinajstić information content (AvgIpc) is 2.22. The van der Waals surface area contributed by atoms with E-state index in [0.717, 1.165) is 19.6 Å². The Bertz CT molecular complexity index is 242. The van der Waals surface area contributed by atoms with Gasteiger partial charge in [-0.1, -0.05) is 34.3 Å². The van der Waals surface area contributed by atoms with Gasteiger partial charge in [0, 0.05) is 17.5 Å². The molecule has 0 fully saturated rings. The fourth-order valence-electron chi connectivity index (χ4n) is 1.48. The molecule has 0 saturated heterocycles. The van der Waals surface area contributed by atoms with Gasteiger partial charge in [0.25, 0.3) is 0 Å². The van der Waals surface area contributed by atoms with Gasteiger partial charge in [0.15, 0.2) is 0 Å². The molecule has 0 aromatic rings. The summed E-state index contributed by atoms with van der Waals surface area (Å²) in [5.74, 6) is -0.298. The largest absolute Gasteiger partial charge is 0.462 e. The lowest BCUT2D eigenvalue weighted by molar-refractivity contribution is -0.142. The minimum Gasteiger partial charge on any atom is -0.462 e. The molecule has 94 valence electrons. The number of hydrogen-bond acceptors (Lipinski definition) is 3. The Balaban J connectivity index is 4.13. The van der Waals surface area contributed by atoms with Gasteiger partial charge in [0.2, 0.25) is 0 Å². The summed E-state index contributed by atoms with van der Waals surface area (Å²) < 4.78 is 5.19. The minimum absolute atomic E-state index is 0.0167. The van der Waals surface area contributed by atoms with Crippen molar-refractivity contribution in [2.75, 3.05) is 26.2 Å². The molecule has 3 heteroatoms. The predicted octanol–water partition coefficient (Wildman–Crippen LogP) is 2.47. The van der Waals surface area contributed by atoms with Crippen molar-refractivity contribution in [2.24, 2.45) is 5.41 Å². The third kappa shape index (κ3) is 5.91. The Morgan fingerprint density at radius 3 is 2.19 bits per heavy atom. The second-order valence-electron chi connectivity index (χ2n) is 4.98. The third-order valence-corrected chi connectivity index (χ3v) is 2.49. The van der Waals surface area contributed by atoms with Crippen molar-refractivity contribution in [3.63, 3.8) is 0 Å². The minimum atomic E-state index is -0.298. The van der Waals surface area contributed by atoms with Gasteiger partial charge < -0.3 is 9.64 Å². The molecule has 0 saturated carbocycles. The fourth-order valence-corrected chi connectivity index (χ4v) is 1.48. The average molecular weight is 227 g/mol. The highest BCUT2D eigenvalue weighted by Crippen LogP contribution is 2.18. The summed E-state index contributed by atoms with van der Waals surface area (Å²) in [5, 5.41) is 0. The molecule has 0 spiro atoms. The summed E-state index contributed by atoms with van der Waals surface area (Å²) in [6.45, 7) is 17.1. The van der Waals surface area contributed by atoms with Crippen LogP contribution < -0.4 is 0 Å². The first-order valence-corrected chi connectivity index (χ1v) is 5.87. The lowest BCUT2D eigenvalue weighted by Gasteiger charge is -2.30. The molecule has 16 heavy (non-hydrogen) atoms. The molecule has 0 aliphatic heterocycles. The van der Waals surface area contributed by atoms with Gasteiger partial charge in [-0.25, -0.2) is 4.79 Å². The Hall–Kier alpha value is -0.830. The van der Waals surface area contributed by atoms with Crippen molar-refractivity contribution in [2.45, 2.75) is 34.6 Å². The van der Waals surface area contributed by atoms with Crippen LogP contribution in [0.4, 0.5) is 0 Å². The highest BCUT2D eigenvalue weighted by atomic mass is 16.5. The molecule has 0 aromatic carbocycles. The zero-order valence-electron chi connectivity index (χ0n) is 11.3. The summed E-state index contributed by atoms with van der Waals surface area (Å²) in [6.07, 6.45) is 0. The van der Waals surface area contributed by atoms with Crippen LogP contribution in [0.2, 0.25) is 0 Å². The first kappa shape index (κ1) is 15.2. The van der Waals surface area contributed by atoms with Crippen LogP contribution in [0.1, 0.15) is 34.6 Å². The van der Waals surface area contributed by atoms with E-state index in [9.17, 15) is 4.79 Å². The normalized spacial score (nSPS) is 11.6. The summed E-state index contributed by atoms with van der Waals surface area (Å²) in [6, 6.07) is 0. The van der Waals surface area contributed by atoms with E-state index in [1.54, 1.807) is 6.92 Å². The van der Waals surface area contributed by atoms with Crippen LogP contribution >= 0.6 is 0 Å². The molecule has 0 rings (SSSR count). The molecule has 0 bridgehead atoms. The maximum Gasteiger partial charge on any atom is 0.333 e. The van der Waals surface area contributed by atoms with Gasteiger partial charge in [0.1, 0.15) is 0 Å². The maximum absolute atomic E-state index is 11.3. The van der Waals surface area contributed by atoms with Crippen molar-refractivity contribution < 1.29 is 9.53 Å². The Morgan fingerprint density at radius 1 is 1.31 bits per heavy atom. The van der Waals surface area contributed by atoms with Crippen LogP contribution in [0, 0.1) is 5.41 Å². The molecule has 0 N–H and O–H groups in total. The van der Waals surface area contributed by atoms with Gasteiger partial charge >= 0.3 is 5.97 Å². The number of rotatable bonds is 7. The smallest absolute Gasteiger partial charge is 0.333 e. The van der Waals surface area contributed by atoms with Gasteiger partial charge in [-0.2, -0.15) is 0 Å². The number of hydrogen-bond donors (Lipinski definition) is 0. The number of carbonyl (C=O) groups excluding carboxylic acids is 1. The monoisotopic (exact) mass is 227 g/mol. The molecule has 0 aliphatic rings. The number of ether oxygens (including phenoxy) is 1. The standard InChI is InChI=1S/C13H25NO2/c1-7-14(8-2)9-13(5,6)10-16-12(15)11(3)4/h3,7-10H2,1-2,4-6H3. The van der Waals surface area contributed by atoms with E-state index in [2.05, 4.69) is 39.2 Å². The van der Waals surface area contributed by atoms with E-state index in [1.165, 1.54) is 0 Å². The van der Waals surface area contributed by atoms with Crippen molar-refractivity contribution in [1.82, 2.24) is 4.90 Å². The van der Waals surface area contributed by atoms with Gasteiger partial charge in [-0.15, -0.1) is 0 Å². The van der Waals surface area contributed by atoms with Crippen LogP contribution in [0.25, 0.3) is 0 Å². The van der Waals surface area contributed by atoms with Crippen molar-refractivity contribution in [3.05, 3.63) is 12.2 Å². The Morgan fingerprint density at radius 2 is 1.81 bits per heavy atom. The van der Waals surface area contributed by atoms with E-state index in [-0.39, 0.29) is 11.4 Å². The summed E-state index contributed by atoms with van der Waals surface area (Å²) in [7, 11) is 0. The molecule has 0 aliphatic carbocycles. The topological polar surface area (TPSA) is 29.5 Å². The fraction of sp³-hybridized carbons (Fsp3) is 0.769. The van der Waals surface area contributed by atoms with Crippen molar-refractivity contribution in [3.8, 4) is 0 Å². The molecule has 0 aromatic heterocycles. The van der Waals surface area contributed by atoms with E-state index < -0.39 is 0 Å². The quantitative estimate of drug-likeness (QED) is 0.494. The van der Waals surface area contributed by atoms with Crippen LogP contribution in [0.15, 0.2) is 12.2 Å². The summed E-state index contributed by atoms with van der Waals surface area (Å²) >= 11 is 0. The SMILES string of the molecule is C=C(C)C(=O)OCC(C)(C)CN(CC)CC. The lowest BCUT2D eigenvalue weighted by Crippen LogP contribution is -2.37. The van der Waals surface area contributed by atoms with Crippen LogP contribution in [-0.4, -0.2) is 37.1 Å². The zero-order valence-corrected chi connectivity index (χ0v) is 11.3. The molecule has 0 heterocycles. The second kappa shape index (κ2) is 6.69. The lowest BCUT2D eigenvalue weighted by atomic mass is 9.94.